The fourth-order valence-corrected chi connectivity index (χ4v) is 3.27. The standard InChI is InChI=1S/C10H19N/c1-9(2)7-4-5-10(9,3)8(11)6-7/h7-8H,4-6,11H2,1-3H3/t7-,8-,10?/m0/s1. The Labute approximate surface area is 69.4 Å². The SMILES string of the molecule is CC1(C)[C@H]2CCC1(C)[C@@H](N)C2. The zero-order valence-corrected chi connectivity index (χ0v) is 7.85. The van der Waals surface area contributed by atoms with Crippen molar-refractivity contribution in [3.05, 3.63) is 0 Å². The summed E-state index contributed by atoms with van der Waals surface area (Å²) in [5, 5.41) is 0. The summed E-state index contributed by atoms with van der Waals surface area (Å²) in [6, 6.07) is 0.469. The summed E-state index contributed by atoms with van der Waals surface area (Å²) in [4.78, 5) is 0. The minimum Gasteiger partial charge on any atom is -0.327 e. The third kappa shape index (κ3) is 0.658. The van der Waals surface area contributed by atoms with Crippen LogP contribution in [0.15, 0.2) is 0 Å². The number of fused-ring (bicyclic) bond motifs is 2. The van der Waals surface area contributed by atoms with E-state index >= 15 is 0 Å². The molecule has 1 heteroatoms. The maximum Gasteiger partial charge on any atom is 0.0101 e. The van der Waals surface area contributed by atoms with Crippen LogP contribution in [0.2, 0.25) is 0 Å². The Bertz CT molecular complexity index is 185. The number of rotatable bonds is 0. The molecule has 1 nitrogen and oxygen atoms in total. The average molecular weight is 153 g/mol. The first-order valence-corrected chi connectivity index (χ1v) is 4.74. The molecule has 0 spiro atoms. The maximum atomic E-state index is 6.13. The molecule has 0 heterocycles. The largest absolute Gasteiger partial charge is 0.327 e. The van der Waals surface area contributed by atoms with Crippen molar-refractivity contribution in [3.8, 4) is 0 Å². The molecule has 2 aliphatic rings. The number of hydrogen-bond acceptors (Lipinski definition) is 1. The quantitative estimate of drug-likeness (QED) is 0.567. The number of nitrogens with two attached hydrogens (primary N) is 1. The summed E-state index contributed by atoms with van der Waals surface area (Å²) in [6.07, 6.45) is 4.03. The van der Waals surface area contributed by atoms with E-state index in [2.05, 4.69) is 20.8 Å². The van der Waals surface area contributed by atoms with Crippen molar-refractivity contribution < 1.29 is 0 Å². The Morgan fingerprint density at radius 2 is 1.91 bits per heavy atom. The van der Waals surface area contributed by atoms with Crippen molar-refractivity contribution in [1.82, 2.24) is 0 Å². The van der Waals surface area contributed by atoms with E-state index in [1.807, 2.05) is 0 Å². The van der Waals surface area contributed by atoms with Crippen LogP contribution < -0.4 is 5.73 Å². The number of hydrogen-bond donors (Lipinski definition) is 1. The third-order valence-corrected chi connectivity index (χ3v) is 4.86. The smallest absolute Gasteiger partial charge is 0.0101 e. The monoisotopic (exact) mass is 153 g/mol. The second-order valence-electron chi connectivity index (χ2n) is 5.22. The molecule has 64 valence electrons. The van der Waals surface area contributed by atoms with Crippen LogP contribution in [0.5, 0.6) is 0 Å². The van der Waals surface area contributed by atoms with Crippen LogP contribution in [0.4, 0.5) is 0 Å². The van der Waals surface area contributed by atoms with Crippen LogP contribution in [0, 0.1) is 16.7 Å². The van der Waals surface area contributed by atoms with Crippen LogP contribution in [0.3, 0.4) is 0 Å². The Morgan fingerprint density at radius 3 is 2.09 bits per heavy atom. The second-order valence-corrected chi connectivity index (χ2v) is 5.22. The van der Waals surface area contributed by atoms with Gasteiger partial charge >= 0.3 is 0 Å². The van der Waals surface area contributed by atoms with Crippen molar-refractivity contribution in [3.63, 3.8) is 0 Å². The highest BCUT2D eigenvalue weighted by molar-refractivity contribution is 5.11. The lowest BCUT2D eigenvalue weighted by atomic mass is 9.69. The topological polar surface area (TPSA) is 26.0 Å². The van der Waals surface area contributed by atoms with Gasteiger partial charge in [-0.25, -0.2) is 0 Å². The van der Waals surface area contributed by atoms with Crippen LogP contribution in [-0.4, -0.2) is 6.04 Å². The Balaban J connectivity index is 2.40. The van der Waals surface area contributed by atoms with E-state index < -0.39 is 0 Å². The highest BCUT2D eigenvalue weighted by atomic mass is 14.8. The van der Waals surface area contributed by atoms with Crippen molar-refractivity contribution in [2.24, 2.45) is 22.5 Å². The zero-order valence-electron chi connectivity index (χ0n) is 7.85. The molecule has 0 saturated heterocycles. The lowest BCUT2D eigenvalue weighted by Crippen LogP contribution is -2.40. The molecular weight excluding hydrogens is 134 g/mol. The van der Waals surface area contributed by atoms with Gasteiger partial charge in [-0.1, -0.05) is 20.8 Å². The van der Waals surface area contributed by atoms with Gasteiger partial charge in [0.05, 0.1) is 0 Å². The molecule has 2 rings (SSSR count). The molecule has 2 saturated carbocycles. The molecule has 1 unspecified atom stereocenters. The molecule has 0 amide bonds. The van der Waals surface area contributed by atoms with E-state index in [0.29, 0.717) is 16.9 Å². The first-order valence-electron chi connectivity index (χ1n) is 4.74. The van der Waals surface area contributed by atoms with Crippen molar-refractivity contribution in [2.75, 3.05) is 0 Å². The fourth-order valence-electron chi connectivity index (χ4n) is 3.27. The molecule has 11 heavy (non-hydrogen) atoms. The molecule has 0 aromatic heterocycles. The Kier molecular flexibility index (Phi) is 1.26. The van der Waals surface area contributed by atoms with Gasteiger partial charge in [-0.15, -0.1) is 0 Å². The Hall–Kier alpha value is -0.0400. The van der Waals surface area contributed by atoms with E-state index in [9.17, 15) is 0 Å². The molecule has 2 N–H and O–H groups in total. The average Bonchev–Trinajstić information content (AvgIpc) is 2.20. The molecule has 0 radical (unpaired) electrons. The minimum atomic E-state index is 0.442. The predicted octanol–water partition coefficient (Wildman–Crippen LogP) is 2.16. The second kappa shape index (κ2) is 1.82. The van der Waals surface area contributed by atoms with E-state index in [-0.39, 0.29) is 0 Å². The molecule has 2 bridgehead atoms. The first-order chi connectivity index (χ1) is 4.98. The van der Waals surface area contributed by atoms with Crippen LogP contribution in [0.25, 0.3) is 0 Å². The van der Waals surface area contributed by atoms with E-state index in [0.717, 1.165) is 5.92 Å². The van der Waals surface area contributed by atoms with Crippen LogP contribution >= 0.6 is 0 Å². The van der Waals surface area contributed by atoms with Crippen LogP contribution in [-0.2, 0) is 0 Å². The summed E-state index contributed by atoms with van der Waals surface area (Å²) in [7, 11) is 0. The van der Waals surface area contributed by atoms with Gasteiger partial charge < -0.3 is 5.73 Å². The molecule has 0 aliphatic heterocycles. The summed E-state index contributed by atoms with van der Waals surface area (Å²) >= 11 is 0. The zero-order chi connectivity index (χ0) is 8.28. The fraction of sp³-hybridized carbons (Fsp3) is 1.00. The summed E-state index contributed by atoms with van der Waals surface area (Å²) in [5.41, 5.74) is 7.08. The molecular formula is C10H19N. The molecule has 0 aromatic carbocycles. The van der Waals surface area contributed by atoms with Crippen molar-refractivity contribution in [2.45, 2.75) is 46.1 Å². The maximum absolute atomic E-state index is 6.13. The molecule has 2 aliphatic carbocycles. The van der Waals surface area contributed by atoms with E-state index in [1.54, 1.807) is 0 Å². The van der Waals surface area contributed by atoms with Gasteiger partial charge in [-0.3, -0.25) is 0 Å². The highest BCUT2D eigenvalue weighted by Crippen LogP contribution is 2.64. The minimum absolute atomic E-state index is 0.442. The van der Waals surface area contributed by atoms with Gasteiger partial charge in [0.15, 0.2) is 0 Å². The summed E-state index contributed by atoms with van der Waals surface area (Å²) < 4.78 is 0. The summed E-state index contributed by atoms with van der Waals surface area (Å²) in [6.45, 7) is 7.18. The third-order valence-electron chi connectivity index (χ3n) is 4.86. The van der Waals surface area contributed by atoms with Gasteiger partial charge in [0.25, 0.3) is 0 Å². The van der Waals surface area contributed by atoms with Gasteiger partial charge in [-0.2, -0.15) is 0 Å². The van der Waals surface area contributed by atoms with Crippen LogP contribution in [0.1, 0.15) is 40.0 Å². The molecule has 3 atom stereocenters. The van der Waals surface area contributed by atoms with Gasteiger partial charge in [0, 0.05) is 6.04 Å². The van der Waals surface area contributed by atoms with Gasteiger partial charge in [0.2, 0.25) is 0 Å². The summed E-state index contributed by atoms with van der Waals surface area (Å²) in [5.74, 6) is 0.905. The Morgan fingerprint density at radius 1 is 1.27 bits per heavy atom. The van der Waals surface area contributed by atoms with Crippen molar-refractivity contribution >= 4 is 0 Å². The molecule has 2 fully saturated rings. The van der Waals surface area contributed by atoms with Gasteiger partial charge in [0.1, 0.15) is 0 Å². The molecule has 0 aromatic rings. The lowest BCUT2D eigenvalue weighted by Gasteiger charge is -2.37. The first kappa shape index (κ1) is 7.60. The van der Waals surface area contributed by atoms with Crippen molar-refractivity contribution in [1.29, 1.82) is 0 Å². The van der Waals surface area contributed by atoms with Gasteiger partial charge in [-0.05, 0) is 36.0 Å². The highest BCUT2D eigenvalue weighted by Gasteiger charge is 2.59. The predicted molar refractivity (Wildman–Crippen MR) is 47.2 cm³/mol. The lowest BCUT2D eigenvalue weighted by molar-refractivity contribution is 0.136. The normalized spacial score (nSPS) is 53.5. The van der Waals surface area contributed by atoms with E-state index in [1.165, 1.54) is 19.3 Å². The van der Waals surface area contributed by atoms with E-state index in [4.69, 9.17) is 5.73 Å².